The monoisotopic (exact) mass is 273 g/mol. The van der Waals surface area contributed by atoms with Crippen molar-refractivity contribution in [2.24, 2.45) is 0 Å². The molecule has 1 N–H and O–H groups in total. The number of hydrogen-bond donors (Lipinski definition) is 1. The van der Waals surface area contributed by atoms with Crippen molar-refractivity contribution in [3.8, 4) is 0 Å². The fourth-order valence-corrected chi connectivity index (χ4v) is 2.78. The van der Waals surface area contributed by atoms with Crippen LogP contribution in [-0.4, -0.2) is 22.3 Å². The van der Waals surface area contributed by atoms with Crippen molar-refractivity contribution in [1.82, 2.24) is 5.32 Å². The van der Waals surface area contributed by atoms with Gasteiger partial charge in [0.1, 0.15) is 0 Å². The number of thiophene rings is 1. The average molecular weight is 273 g/mol. The highest BCUT2D eigenvalue weighted by atomic mass is 32.2. The molecule has 1 rings (SSSR count). The van der Waals surface area contributed by atoms with Gasteiger partial charge in [-0.05, 0) is 24.5 Å². The van der Waals surface area contributed by atoms with Crippen LogP contribution >= 0.6 is 11.3 Å². The Kier molecular flexibility index (Phi) is 5.35. The Morgan fingerprint density at radius 3 is 2.53 bits per heavy atom. The molecule has 2 unspecified atom stereocenters. The molecule has 0 spiro atoms. The third-order valence-corrected chi connectivity index (χ3v) is 5.51. The van der Waals surface area contributed by atoms with Gasteiger partial charge in [-0.2, -0.15) is 0 Å². The summed E-state index contributed by atoms with van der Waals surface area (Å²) in [7, 11) is -0.736. The van der Waals surface area contributed by atoms with Gasteiger partial charge in [-0.3, -0.25) is 4.21 Å². The van der Waals surface area contributed by atoms with Gasteiger partial charge in [0.15, 0.2) is 0 Å². The van der Waals surface area contributed by atoms with Crippen LogP contribution in [0.25, 0.3) is 0 Å². The Labute approximate surface area is 111 Å². The summed E-state index contributed by atoms with van der Waals surface area (Å²) in [6.45, 7) is 10.4. The maximum atomic E-state index is 11.2. The summed E-state index contributed by atoms with van der Waals surface area (Å²) in [4.78, 5) is 2.77. The van der Waals surface area contributed by atoms with E-state index in [2.05, 4.69) is 38.2 Å². The van der Waals surface area contributed by atoms with E-state index in [1.165, 1.54) is 9.75 Å². The molecule has 4 heteroatoms. The summed E-state index contributed by atoms with van der Waals surface area (Å²) < 4.78 is 11.2. The van der Waals surface area contributed by atoms with E-state index in [4.69, 9.17) is 0 Å². The molecular weight excluding hydrogens is 250 g/mol. The van der Waals surface area contributed by atoms with E-state index >= 15 is 0 Å². The maximum Gasteiger partial charge on any atom is 0.0441 e. The summed E-state index contributed by atoms with van der Waals surface area (Å²) in [5.41, 5.74) is 0.237. The van der Waals surface area contributed by atoms with Crippen LogP contribution < -0.4 is 5.32 Å². The molecule has 1 aromatic heterocycles. The molecule has 0 saturated carbocycles. The van der Waals surface area contributed by atoms with Crippen LogP contribution in [0.4, 0.5) is 0 Å². The van der Waals surface area contributed by atoms with Crippen LogP contribution in [0.15, 0.2) is 12.1 Å². The number of nitrogens with one attached hydrogen (secondary N) is 1. The predicted molar refractivity (Wildman–Crippen MR) is 78.3 cm³/mol. The molecular formula is C13H23NOS2. The van der Waals surface area contributed by atoms with E-state index in [0.29, 0.717) is 0 Å². The van der Waals surface area contributed by atoms with Crippen molar-refractivity contribution < 1.29 is 4.21 Å². The maximum absolute atomic E-state index is 11.2. The van der Waals surface area contributed by atoms with Gasteiger partial charge in [0.05, 0.1) is 0 Å². The van der Waals surface area contributed by atoms with Gasteiger partial charge in [-0.1, -0.05) is 20.8 Å². The largest absolute Gasteiger partial charge is 0.311 e. The average Bonchev–Trinajstić information content (AvgIpc) is 2.65. The second-order valence-electron chi connectivity index (χ2n) is 5.46. The molecule has 1 heterocycles. The molecule has 0 aliphatic rings. The second kappa shape index (κ2) is 6.12. The van der Waals surface area contributed by atoms with Gasteiger partial charge in [0, 0.05) is 45.1 Å². The van der Waals surface area contributed by atoms with Crippen LogP contribution in [0.2, 0.25) is 0 Å². The summed E-state index contributed by atoms with van der Waals surface area (Å²) in [6, 6.07) is 4.40. The molecule has 0 aromatic carbocycles. The highest BCUT2D eigenvalue weighted by molar-refractivity contribution is 7.84. The first-order chi connectivity index (χ1) is 7.80. The SMILES string of the molecule is CC(CNCc1ccc(C(C)(C)C)s1)S(C)=O. The van der Waals surface area contributed by atoms with Gasteiger partial charge in [0.2, 0.25) is 0 Å². The Morgan fingerprint density at radius 1 is 1.41 bits per heavy atom. The fourth-order valence-electron chi connectivity index (χ4n) is 1.39. The summed E-state index contributed by atoms with van der Waals surface area (Å²) in [6.07, 6.45) is 1.76. The molecule has 2 atom stereocenters. The Bertz CT molecular complexity index is 379. The predicted octanol–water partition coefficient (Wildman–Crippen LogP) is 2.90. The van der Waals surface area contributed by atoms with Gasteiger partial charge in [0.25, 0.3) is 0 Å². The normalized spacial score (nSPS) is 15.8. The lowest BCUT2D eigenvalue weighted by molar-refractivity contribution is 0.604. The van der Waals surface area contributed by atoms with E-state index < -0.39 is 10.8 Å². The van der Waals surface area contributed by atoms with E-state index in [1.54, 1.807) is 6.26 Å². The fraction of sp³-hybridized carbons (Fsp3) is 0.692. The smallest absolute Gasteiger partial charge is 0.0441 e. The van der Waals surface area contributed by atoms with Gasteiger partial charge in [-0.15, -0.1) is 11.3 Å². The van der Waals surface area contributed by atoms with Crippen molar-refractivity contribution >= 4 is 22.1 Å². The van der Waals surface area contributed by atoms with Crippen molar-refractivity contribution in [2.45, 2.75) is 44.9 Å². The molecule has 0 fully saturated rings. The molecule has 0 bridgehead atoms. The lowest BCUT2D eigenvalue weighted by Gasteiger charge is -2.15. The van der Waals surface area contributed by atoms with Crippen LogP contribution in [0.3, 0.4) is 0 Å². The third-order valence-electron chi connectivity index (χ3n) is 2.70. The molecule has 0 radical (unpaired) electrons. The molecule has 0 aliphatic heterocycles. The Balaban J connectivity index is 2.43. The van der Waals surface area contributed by atoms with E-state index in [9.17, 15) is 4.21 Å². The van der Waals surface area contributed by atoms with Crippen LogP contribution in [-0.2, 0) is 22.8 Å². The van der Waals surface area contributed by atoms with Gasteiger partial charge >= 0.3 is 0 Å². The quantitative estimate of drug-likeness (QED) is 0.894. The third kappa shape index (κ3) is 4.90. The van der Waals surface area contributed by atoms with Gasteiger partial charge < -0.3 is 5.32 Å². The highest BCUT2D eigenvalue weighted by Gasteiger charge is 2.15. The number of rotatable bonds is 5. The molecule has 0 amide bonds. The number of hydrogen-bond acceptors (Lipinski definition) is 3. The molecule has 1 aromatic rings. The zero-order valence-corrected chi connectivity index (χ0v) is 13.0. The molecule has 98 valence electrons. The minimum atomic E-state index is -0.736. The van der Waals surface area contributed by atoms with Crippen molar-refractivity contribution in [3.63, 3.8) is 0 Å². The zero-order valence-electron chi connectivity index (χ0n) is 11.4. The first-order valence-corrected chi connectivity index (χ1v) is 8.36. The molecule has 2 nitrogen and oxygen atoms in total. The molecule has 17 heavy (non-hydrogen) atoms. The minimum Gasteiger partial charge on any atom is -0.311 e. The summed E-state index contributed by atoms with van der Waals surface area (Å²) in [5.74, 6) is 0. The zero-order chi connectivity index (χ0) is 13.1. The topological polar surface area (TPSA) is 29.1 Å². The minimum absolute atomic E-state index is 0.219. The highest BCUT2D eigenvalue weighted by Crippen LogP contribution is 2.29. The second-order valence-corrected chi connectivity index (χ2v) is 8.43. The van der Waals surface area contributed by atoms with Gasteiger partial charge in [-0.25, -0.2) is 0 Å². The van der Waals surface area contributed by atoms with Crippen LogP contribution in [0.5, 0.6) is 0 Å². The standard InChI is InChI=1S/C13H23NOS2/c1-10(17(5)15)8-14-9-11-6-7-12(16-11)13(2,3)4/h6-7,10,14H,8-9H2,1-5H3. The van der Waals surface area contributed by atoms with E-state index in [-0.39, 0.29) is 10.7 Å². The van der Waals surface area contributed by atoms with Crippen molar-refractivity contribution in [1.29, 1.82) is 0 Å². The summed E-state index contributed by atoms with van der Waals surface area (Å²) >= 11 is 1.86. The lowest BCUT2D eigenvalue weighted by Crippen LogP contribution is -2.26. The molecule has 0 saturated heterocycles. The lowest BCUT2D eigenvalue weighted by atomic mass is 9.95. The van der Waals surface area contributed by atoms with Crippen LogP contribution in [0.1, 0.15) is 37.4 Å². The Morgan fingerprint density at radius 2 is 2.06 bits per heavy atom. The van der Waals surface area contributed by atoms with E-state index in [0.717, 1.165) is 13.1 Å². The molecule has 0 aliphatic carbocycles. The first-order valence-electron chi connectivity index (χ1n) is 5.93. The van der Waals surface area contributed by atoms with Crippen molar-refractivity contribution in [3.05, 3.63) is 21.9 Å². The first kappa shape index (κ1) is 14.9. The van der Waals surface area contributed by atoms with E-state index in [1.807, 2.05) is 18.3 Å². The van der Waals surface area contributed by atoms with Crippen molar-refractivity contribution in [2.75, 3.05) is 12.8 Å². The Hall–Kier alpha value is -0.190. The van der Waals surface area contributed by atoms with Crippen LogP contribution in [0, 0.1) is 0 Å². The summed E-state index contributed by atoms with van der Waals surface area (Å²) in [5, 5.41) is 3.58.